The molecule has 21 heavy (non-hydrogen) atoms. The number of rotatable bonds is 3. The smallest absolute Gasteiger partial charge is 0.0496 e. The summed E-state index contributed by atoms with van der Waals surface area (Å²) < 4.78 is 0. The highest BCUT2D eigenvalue weighted by Crippen LogP contribution is 2.40. The number of anilines is 3. The Balaban J connectivity index is 1.90. The zero-order chi connectivity index (χ0) is 14.1. The summed E-state index contributed by atoms with van der Waals surface area (Å²) >= 11 is 0. The summed E-state index contributed by atoms with van der Waals surface area (Å²) in [5.74, 6) is 0. The normalized spacial score (nSPS) is 12.4. The summed E-state index contributed by atoms with van der Waals surface area (Å²) in [5, 5.41) is 0. The highest BCUT2D eigenvalue weighted by atomic mass is 15.1. The Morgan fingerprint density at radius 1 is 0.571 bits per heavy atom. The van der Waals surface area contributed by atoms with E-state index in [1.807, 2.05) is 0 Å². The maximum Gasteiger partial charge on any atom is 0.0496 e. The lowest BCUT2D eigenvalue weighted by Crippen LogP contribution is -2.17. The van der Waals surface area contributed by atoms with E-state index < -0.39 is 0 Å². The molecule has 102 valence electrons. The first-order valence-corrected chi connectivity index (χ1v) is 7.44. The van der Waals surface area contributed by atoms with Gasteiger partial charge in [0, 0.05) is 17.1 Å². The van der Waals surface area contributed by atoms with Gasteiger partial charge in [0.25, 0.3) is 0 Å². The topological polar surface area (TPSA) is 3.24 Å². The van der Waals surface area contributed by atoms with Gasteiger partial charge >= 0.3 is 0 Å². The number of aryl methyl sites for hydroxylation is 1. The summed E-state index contributed by atoms with van der Waals surface area (Å²) in [5.41, 5.74) is 6.72. The molecule has 1 heteroatoms. The molecule has 3 aromatic carbocycles. The van der Waals surface area contributed by atoms with Gasteiger partial charge in [0.1, 0.15) is 0 Å². The van der Waals surface area contributed by atoms with Gasteiger partial charge in [-0.15, -0.1) is 0 Å². The van der Waals surface area contributed by atoms with Crippen LogP contribution in [-0.2, 0) is 12.8 Å². The third kappa shape index (κ3) is 2.11. The van der Waals surface area contributed by atoms with Crippen LogP contribution in [0.5, 0.6) is 0 Å². The van der Waals surface area contributed by atoms with Crippen LogP contribution in [0.3, 0.4) is 0 Å². The van der Waals surface area contributed by atoms with E-state index in [0.717, 1.165) is 0 Å². The maximum absolute atomic E-state index is 2.36. The number of hydrogen-bond acceptors (Lipinski definition) is 1. The minimum Gasteiger partial charge on any atom is -0.310 e. The average Bonchev–Trinajstić information content (AvgIpc) is 2.51. The van der Waals surface area contributed by atoms with Crippen molar-refractivity contribution < 1.29 is 0 Å². The molecule has 1 aliphatic carbocycles. The van der Waals surface area contributed by atoms with E-state index in [1.54, 1.807) is 0 Å². The fourth-order valence-electron chi connectivity index (χ4n) is 3.02. The zero-order valence-corrected chi connectivity index (χ0v) is 11.9. The van der Waals surface area contributed by atoms with Crippen molar-refractivity contribution in [1.82, 2.24) is 0 Å². The molecule has 0 atom stereocenters. The molecule has 0 aromatic heterocycles. The number of hydrogen-bond donors (Lipinski definition) is 0. The molecule has 0 saturated heterocycles. The third-order valence-corrected chi connectivity index (χ3v) is 4.16. The van der Waals surface area contributed by atoms with Crippen molar-refractivity contribution in [2.75, 3.05) is 4.90 Å². The zero-order valence-electron chi connectivity index (χ0n) is 11.9. The van der Waals surface area contributed by atoms with Gasteiger partial charge in [-0.05, 0) is 54.3 Å². The average molecular weight is 271 g/mol. The standard InChI is InChI=1S/C20H17N/c1-3-9-17(10-4-1)21(18-11-5-2-6-12-18)20-13-7-8-16-14-15-19(16)20/h1-13H,14-15H2. The molecular weight excluding hydrogens is 254 g/mol. The van der Waals surface area contributed by atoms with Crippen LogP contribution in [0.25, 0.3) is 0 Å². The molecule has 0 heterocycles. The molecule has 1 aliphatic rings. The minimum absolute atomic E-state index is 1.18. The largest absolute Gasteiger partial charge is 0.310 e. The molecule has 0 saturated carbocycles. The van der Waals surface area contributed by atoms with Crippen molar-refractivity contribution in [2.24, 2.45) is 0 Å². The summed E-state index contributed by atoms with van der Waals surface area (Å²) in [6.07, 6.45) is 2.39. The van der Waals surface area contributed by atoms with Crippen LogP contribution in [-0.4, -0.2) is 0 Å². The van der Waals surface area contributed by atoms with E-state index in [1.165, 1.54) is 41.0 Å². The fraction of sp³-hybridized carbons (Fsp3) is 0.100. The van der Waals surface area contributed by atoms with Crippen molar-refractivity contribution in [1.29, 1.82) is 0 Å². The second-order valence-electron chi connectivity index (χ2n) is 5.42. The van der Waals surface area contributed by atoms with Crippen molar-refractivity contribution in [3.8, 4) is 0 Å². The Hall–Kier alpha value is -2.54. The predicted molar refractivity (Wildman–Crippen MR) is 88.5 cm³/mol. The summed E-state index contributed by atoms with van der Waals surface area (Å²) in [6.45, 7) is 0. The van der Waals surface area contributed by atoms with Crippen molar-refractivity contribution >= 4 is 17.1 Å². The van der Waals surface area contributed by atoms with Crippen LogP contribution < -0.4 is 4.90 Å². The molecule has 4 rings (SSSR count). The third-order valence-electron chi connectivity index (χ3n) is 4.16. The van der Waals surface area contributed by atoms with Gasteiger partial charge in [-0.3, -0.25) is 0 Å². The number of benzene rings is 3. The second-order valence-corrected chi connectivity index (χ2v) is 5.42. The predicted octanol–water partition coefficient (Wildman–Crippen LogP) is 5.26. The van der Waals surface area contributed by atoms with E-state index >= 15 is 0 Å². The lowest BCUT2D eigenvalue weighted by Gasteiger charge is -2.31. The van der Waals surface area contributed by atoms with Crippen LogP contribution in [0.15, 0.2) is 78.9 Å². The first-order valence-electron chi connectivity index (χ1n) is 7.44. The van der Waals surface area contributed by atoms with Gasteiger partial charge in [-0.25, -0.2) is 0 Å². The highest BCUT2D eigenvalue weighted by molar-refractivity contribution is 5.79. The fourth-order valence-corrected chi connectivity index (χ4v) is 3.02. The molecule has 0 radical (unpaired) electrons. The number of para-hydroxylation sites is 2. The van der Waals surface area contributed by atoms with Gasteiger partial charge < -0.3 is 4.90 Å². The van der Waals surface area contributed by atoms with Crippen LogP contribution in [0.2, 0.25) is 0 Å². The molecule has 0 fully saturated rings. The maximum atomic E-state index is 2.36. The Labute approximate surface area is 125 Å². The Kier molecular flexibility index (Phi) is 2.97. The molecular formula is C20H17N. The van der Waals surface area contributed by atoms with Crippen molar-refractivity contribution in [2.45, 2.75) is 12.8 Å². The van der Waals surface area contributed by atoms with E-state index in [9.17, 15) is 0 Å². The van der Waals surface area contributed by atoms with Crippen LogP contribution in [0.1, 0.15) is 11.1 Å². The summed E-state index contributed by atoms with van der Waals surface area (Å²) in [7, 11) is 0. The monoisotopic (exact) mass is 271 g/mol. The van der Waals surface area contributed by atoms with Gasteiger partial charge in [0.05, 0.1) is 0 Å². The first-order chi connectivity index (χ1) is 10.4. The summed E-state index contributed by atoms with van der Waals surface area (Å²) in [6, 6.07) is 27.9. The van der Waals surface area contributed by atoms with Gasteiger partial charge in [0.15, 0.2) is 0 Å². The minimum atomic E-state index is 1.18. The molecule has 1 nitrogen and oxygen atoms in total. The summed E-state index contributed by atoms with van der Waals surface area (Å²) in [4.78, 5) is 2.36. The van der Waals surface area contributed by atoms with Gasteiger partial charge in [-0.2, -0.15) is 0 Å². The second kappa shape index (κ2) is 5.10. The Morgan fingerprint density at radius 3 is 1.71 bits per heavy atom. The Morgan fingerprint density at radius 2 is 1.19 bits per heavy atom. The SMILES string of the molecule is c1ccc(N(c2ccccc2)c2cccc3c2CC3)cc1. The van der Waals surface area contributed by atoms with Gasteiger partial charge in [0.2, 0.25) is 0 Å². The molecule has 3 aromatic rings. The van der Waals surface area contributed by atoms with Crippen molar-refractivity contribution in [3.05, 3.63) is 90.0 Å². The quantitative estimate of drug-likeness (QED) is 0.628. The first kappa shape index (κ1) is 12.2. The van der Waals surface area contributed by atoms with Crippen LogP contribution in [0, 0.1) is 0 Å². The molecule has 0 aliphatic heterocycles. The molecule has 0 amide bonds. The van der Waals surface area contributed by atoms with E-state index in [-0.39, 0.29) is 0 Å². The van der Waals surface area contributed by atoms with Crippen LogP contribution in [0.4, 0.5) is 17.1 Å². The Bertz CT molecular complexity index is 708. The van der Waals surface area contributed by atoms with Crippen molar-refractivity contribution in [3.63, 3.8) is 0 Å². The number of fused-ring (bicyclic) bond motifs is 1. The molecule has 0 N–H and O–H groups in total. The number of nitrogens with zero attached hydrogens (tertiary/aromatic N) is 1. The highest BCUT2D eigenvalue weighted by Gasteiger charge is 2.22. The molecule has 0 spiro atoms. The lowest BCUT2D eigenvalue weighted by molar-refractivity contribution is 0.837. The van der Waals surface area contributed by atoms with Crippen LogP contribution >= 0.6 is 0 Å². The van der Waals surface area contributed by atoms with E-state index in [0.29, 0.717) is 0 Å². The molecule has 0 bridgehead atoms. The van der Waals surface area contributed by atoms with E-state index in [2.05, 4.69) is 83.8 Å². The lowest BCUT2D eigenvalue weighted by atomic mass is 9.86. The van der Waals surface area contributed by atoms with E-state index in [4.69, 9.17) is 0 Å². The molecule has 0 unspecified atom stereocenters. The van der Waals surface area contributed by atoms with Gasteiger partial charge in [-0.1, -0.05) is 48.5 Å².